The number of rotatable bonds is 2. The van der Waals surface area contributed by atoms with Crippen molar-refractivity contribution in [2.45, 2.75) is 6.54 Å². The molecule has 0 amide bonds. The average Bonchev–Trinajstić information content (AvgIpc) is 2.86. The summed E-state index contributed by atoms with van der Waals surface area (Å²) in [5, 5.41) is 4.08. The molecule has 4 rings (SSSR count). The third kappa shape index (κ3) is 2.08. The van der Waals surface area contributed by atoms with Crippen molar-refractivity contribution >= 4 is 41.1 Å². The summed E-state index contributed by atoms with van der Waals surface area (Å²) >= 11 is 11.0. The van der Waals surface area contributed by atoms with E-state index >= 15 is 0 Å². The average molecular weight is 324 g/mol. The molecule has 0 fully saturated rings. The maximum atomic E-state index is 5.57. The normalized spacial score (nSPS) is 11.3. The molecular formula is C16H12N4S2. The second-order valence-electron chi connectivity index (χ2n) is 5.06. The van der Waals surface area contributed by atoms with Gasteiger partial charge in [-0.2, -0.15) is 0 Å². The van der Waals surface area contributed by atoms with E-state index in [1.807, 2.05) is 47.0 Å². The highest BCUT2D eigenvalue weighted by Gasteiger charge is 2.09. The first-order chi connectivity index (χ1) is 10.7. The molecule has 0 radical (unpaired) electrons. The van der Waals surface area contributed by atoms with E-state index in [1.54, 1.807) is 4.52 Å². The Morgan fingerprint density at radius 1 is 0.955 bits per heavy atom. The lowest BCUT2D eigenvalue weighted by molar-refractivity contribution is 0.801. The Bertz CT molecular complexity index is 1090. The van der Waals surface area contributed by atoms with Gasteiger partial charge in [-0.05, 0) is 29.9 Å². The number of hydrogen-bond donors (Lipinski definition) is 1. The van der Waals surface area contributed by atoms with Crippen molar-refractivity contribution in [3.63, 3.8) is 0 Å². The summed E-state index contributed by atoms with van der Waals surface area (Å²) in [5.41, 5.74) is 2.05. The van der Waals surface area contributed by atoms with Crippen molar-refractivity contribution in [1.29, 1.82) is 0 Å². The van der Waals surface area contributed by atoms with Crippen molar-refractivity contribution in [1.82, 2.24) is 19.2 Å². The van der Waals surface area contributed by atoms with Crippen molar-refractivity contribution in [2.24, 2.45) is 0 Å². The van der Waals surface area contributed by atoms with Gasteiger partial charge in [0.05, 0.1) is 12.1 Å². The fourth-order valence-electron chi connectivity index (χ4n) is 2.56. The van der Waals surface area contributed by atoms with Crippen LogP contribution in [0, 0.1) is 9.41 Å². The molecule has 4 nitrogen and oxygen atoms in total. The van der Waals surface area contributed by atoms with Crippen molar-refractivity contribution < 1.29 is 0 Å². The van der Waals surface area contributed by atoms with Crippen LogP contribution in [0.1, 0.15) is 5.56 Å². The first-order valence-electron chi connectivity index (χ1n) is 6.88. The first-order valence-corrected chi connectivity index (χ1v) is 7.70. The minimum absolute atomic E-state index is 0.609. The lowest BCUT2D eigenvalue weighted by atomic mass is 10.2. The smallest absolute Gasteiger partial charge is 0.233 e. The van der Waals surface area contributed by atoms with Crippen LogP contribution in [-0.4, -0.2) is 19.2 Å². The Kier molecular flexibility index (Phi) is 3.13. The maximum Gasteiger partial charge on any atom is 0.233 e. The number of hydrogen-bond acceptors (Lipinski definition) is 3. The van der Waals surface area contributed by atoms with Crippen LogP contribution in [0.5, 0.6) is 0 Å². The molecule has 108 valence electrons. The van der Waals surface area contributed by atoms with E-state index in [1.165, 1.54) is 5.56 Å². The number of nitrogens with zero attached hydrogens (tertiary/aromatic N) is 3. The zero-order valence-corrected chi connectivity index (χ0v) is 13.2. The Hall–Kier alpha value is -2.31. The monoisotopic (exact) mass is 324 g/mol. The molecule has 1 N–H and O–H groups in total. The summed E-state index contributed by atoms with van der Waals surface area (Å²) in [5.74, 6) is 0.734. The van der Waals surface area contributed by atoms with Crippen LogP contribution in [0.4, 0.5) is 0 Å². The van der Waals surface area contributed by atoms with Crippen molar-refractivity contribution in [3.8, 4) is 0 Å². The van der Waals surface area contributed by atoms with Crippen LogP contribution in [0.2, 0.25) is 0 Å². The van der Waals surface area contributed by atoms with Crippen LogP contribution in [0.3, 0.4) is 0 Å². The molecule has 22 heavy (non-hydrogen) atoms. The summed E-state index contributed by atoms with van der Waals surface area (Å²) in [6, 6.07) is 18.0. The Labute approximate surface area is 136 Å². The minimum atomic E-state index is 0.609. The van der Waals surface area contributed by atoms with E-state index in [0.717, 1.165) is 16.7 Å². The summed E-state index contributed by atoms with van der Waals surface area (Å²) < 4.78 is 5.05. The molecule has 0 atom stereocenters. The second-order valence-corrected chi connectivity index (χ2v) is 5.83. The predicted octanol–water partition coefficient (Wildman–Crippen LogP) is 4.12. The molecule has 2 aromatic carbocycles. The largest absolute Gasteiger partial charge is 0.281 e. The molecule has 4 aromatic rings. The van der Waals surface area contributed by atoms with Gasteiger partial charge in [-0.25, -0.2) is 9.50 Å². The van der Waals surface area contributed by atoms with Gasteiger partial charge in [0.2, 0.25) is 5.78 Å². The van der Waals surface area contributed by atoms with E-state index in [2.05, 4.69) is 17.2 Å². The molecule has 0 aliphatic carbocycles. The molecule has 0 bridgehead atoms. The SMILES string of the molecule is S=c1[nH]n2c(=S)c3ccccc3nc2n1Cc1ccccc1. The number of aromatic nitrogens is 4. The summed E-state index contributed by atoms with van der Waals surface area (Å²) in [6.45, 7) is 0.660. The highest BCUT2D eigenvalue weighted by atomic mass is 32.1. The number of aromatic amines is 1. The number of nitrogens with one attached hydrogen (secondary N) is 1. The Morgan fingerprint density at radius 2 is 1.68 bits per heavy atom. The Balaban J connectivity index is 2.01. The lowest BCUT2D eigenvalue weighted by Crippen LogP contribution is -2.03. The quantitative estimate of drug-likeness (QED) is 0.564. The van der Waals surface area contributed by atoms with Gasteiger partial charge in [-0.3, -0.25) is 9.67 Å². The van der Waals surface area contributed by atoms with E-state index in [0.29, 0.717) is 16.0 Å². The third-order valence-electron chi connectivity index (χ3n) is 3.64. The van der Waals surface area contributed by atoms with Gasteiger partial charge in [-0.1, -0.05) is 54.7 Å². The van der Waals surface area contributed by atoms with Gasteiger partial charge < -0.3 is 0 Å². The summed E-state index contributed by atoms with van der Waals surface area (Å²) in [7, 11) is 0. The molecule has 0 aliphatic rings. The fraction of sp³-hybridized carbons (Fsp3) is 0.0625. The molecule has 2 heterocycles. The molecule has 0 spiro atoms. The first kappa shape index (κ1) is 13.4. The van der Waals surface area contributed by atoms with Gasteiger partial charge in [0, 0.05) is 5.39 Å². The molecule has 0 aliphatic heterocycles. The number of para-hydroxylation sites is 1. The van der Waals surface area contributed by atoms with E-state index in [9.17, 15) is 0 Å². The van der Waals surface area contributed by atoms with E-state index in [4.69, 9.17) is 29.4 Å². The maximum absolute atomic E-state index is 5.57. The predicted molar refractivity (Wildman–Crippen MR) is 92.3 cm³/mol. The van der Waals surface area contributed by atoms with Crippen molar-refractivity contribution in [3.05, 3.63) is 69.6 Å². The van der Waals surface area contributed by atoms with Crippen LogP contribution >= 0.6 is 24.4 Å². The van der Waals surface area contributed by atoms with Gasteiger partial charge in [0.15, 0.2) is 4.77 Å². The number of benzene rings is 2. The highest BCUT2D eigenvalue weighted by Crippen LogP contribution is 2.16. The van der Waals surface area contributed by atoms with Crippen LogP contribution in [-0.2, 0) is 6.54 Å². The highest BCUT2D eigenvalue weighted by molar-refractivity contribution is 7.71. The topological polar surface area (TPSA) is 38.0 Å². The zero-order valence-electron chi connectivity index (χ0n) is 11.6. The van der Waals surface area contributed by atoms with Gasteiger partial charge >= 0.3 is 0 Å². The Morgan fingerprint density at radius 3 is 2.50 bits per heavy atom. The third-order valence-corrected chi connectivity index (χ3v) is 4.35. The van der Waals surface area contributed by atoms with Crippen LogP contribution in [0.25, 0.3) is 16.7 Å². The zero-order chi connectivity index (χ0) is 15.1. The second kappa shape index (κ2) is 5.15. The molecule has 2 aromatic heterocycles. The van der Waals surface area contributed by atoms with Crippen molar-refractivity contribution in [2.75, 3.05) is 0 Å². The summed E-state index contributed by atoms with van der Waals surface area (Å²) in [4.78, 5) is 4.72. The standard InChI is InChI=1S/C16H12N4S2/c21-14-12-8-4-5-9-13(12)17-15-19(16(22)18-20(14)15)10-11-6-2-1-3-7-11/h1-9H,10H2,(H,18,22). The van der Waals surface area contributed by atoms with Crippen LogP contribution in [0.15, 0.2) is 54.6 Å². The van der Waals surface area contributed by atoms with Gasteiger partial charge in [0.1, 0.15) is 4.64 Å². The van der Waals surface area contributed by atoms with E-state index in [-0.39, 0.29) is 0 Å². The molecule has 0 unspecified atom stereocenters. The fourth-order valence-corrected chi connectivity index (χ4v) is 3.10. The molecule has 6 heteroatoms. The molecule has 0 saturated carbocycles. The summed E-state index contributed by atoms with van der Waals surface area (Å²) in [6.07, 6.45) is 0. The number of H-pyrrole nitrogens is 1. The molecule has 0 saturated heterocycles. The van der Waals surface area contributed by atoms with Gasteiger partial charge in [-0.15, -0.1) is 0 Å². The molecular weight excluding hydrogens is 312 g/mol. The lowest BCUT2D eigenvalue weighted by Gasteiger charge is -2.05. The minimum Gasteiger partial charge on any atom is -0.281 e. The van der Waals surface area contributed by atoms with Crippen LogP contribution < -0.4 is 0 Å². The van der Waals surface area contributed by atoms with E-state index < -0.39 is 0 Å². The van der Waals surface area contributed by atoms with Gasteiger partial charge in [0.25, 0.3) is 0 Å². The number of fused-ring (bicyclic) bond motifs is 2.